The molecule has 6 rings (SSSR count). The topological polar surface area (TPSA) is 0 Å². The quantitative estimate of drug-likeness (QED) is 0.272. The van der Waals surface area contributed by atoms with Gasteiger partial charge < -0.3 is 0 Å². The summed E-state index contributed by atoms with van der Waals surface area (Å²) in [5.41, 5.74) is 0. The highest BCUT2D eigenvalue weighted by molar-refractivity contribution is 7.78. The Hall–Kier alpha value is -2.12. The number of rotatable bonds is 1. The normalized spacial score (nSPS) is 12.0. The molecule has 3 heteroatoms. The SMILES string of the molecule is c1ccc(-p2c3sc4ccccc4c3c3c4ccccc4sc32)cc1. The van der Waals surface area contributed by atoms with Gasteiger partial charge in [-0.2, -0.15) is 0 Å². The lowest BCUT2D eigenvalue weighted by atomic mass is 10.1. The van der Waals surface area contributed by atoms with Crippen molar-refractivity contribution >= 4 is 70.0 Å². The first-order valence-corrected chi connectivity index (χ1v) is 11.3. The predicted molar refractivity (Wildman–Crippen MR) is 116 cm³/mol. The van der Waals surface area contributed by atoms with Crippen LogP contribution in [0.5, 0.6) is 0 Å². The van der Waals surface area contributed by atoms with E-state index in [1.807, 2.05) is 22.7 Å². The summed E-state index contributed by atoms with van der Waals surface area (Å²) in [7, 11) is -0.428. The summed E-state index contributed by atoms with van der Waals surface area (Å²) in [6.07, 6.45) is 0. The second-order valence-corrected chi connectivity index (χ2v) is 11.0. The van der Waals surface area contributed by atoms with Crippen molar-refractivity contribution in [1.29, 1.82) is 0 Å². The highest BCUT2D eigenvalue weighted by atomic mass is 32.1. The minimum absolute atomic E-state index is 0.428. The number of hydrogen-bond acceptors (Lipinski definition) is 2. The molecule has 3 aromatic carbocycles. The molecule has 3 aromatic heterocycles. The summed E-state index contributed by atoms with van der Waals surface area (Å²) in [6, 6.07) is 28.9. The summed E-state index contributed by atoms with van der Waals surface area (Å²) >= 11 is 3.99. The highest BCUT2D eigenvalue weighted by Crippen LogP contribution is 2.62. The summed E-state index contributed by atoms with van der Waals surface area (Å²) in [5, 5.41) is 7.32. The highest BCUT2D eigenvalue weighted by Gasteiger charge is 2.21. The van der Waals surface area contributed by atoms with Gasteiger partial charge in [0, 0.05) is 36.2 Å². The molecule has 0 aliphatic heterocycles. The lowest BCUT2D eigenvalue weighted by Gasteiger charge is -1.99. The Morgan fingerprint density at radius 2 is 1.00 bits per heavy atom. The third-order valence-electron chi connectivity index (χ3n) is 4.82. The predicted octanol–water partition coefficient (Wildman–Crippen LogP) is 8.40. The van der Waals surface area contributed by atoms with Crippen LogP contribution in [0.4, 0.5) is 0 Å². The van der Waals surface area contributed by atoms with Crippen LogP contribution in [-0.4, -0.2) is 0 Å². The number of fused-ring (bicyclic) bond motifs is 7. The summed E-state index contributed by atoms with van der Waals surface area (Å²) in [4.78, 5) is 0. The standard InChI is InChI=1S/C22H13PS2/c1-2-8-14(9-3-1)23-21-19(15-10-4-6-12-17(15)24-21)20-16-11-5-7-13-18(16)25-22(20)23/h1-13H. The largest absolute Gasteiger partial charge is 0.130 e. The lowest BCUT2D eigenvalue weighted by molar-refractivity contribution is 1.76. The van der Waals surface area contributed by atoms with Crippen molar-refractivity contribution in [3.05, 3.63) is 78.9 Å². The van der Waals surface area contributed by atoms with Crippen LogP contribution in [0.3, 0.4) is 0 Å². The molecule has 0 aliphatic rings. The summed E-state index contributed by atoms with van der Waals surface area (Å²) in [5.74, 6) is 0. The number of hydrogen-bond donors (Lipinski definition) is 0. The van der Waals surface area contributed by atoms with Gasteiger partial charge in [-0.15, -0.1) is 22.7 Å². The van der Waals surface area contributed by atoms with Crippen molar-refractivity contribution in [2.75, 3.05) is 0 Å². The molecule has 118 valence electrons. The van der Waals surface area contributed by atoms with Crippen molar-refractivity contribution in [2.24, 2.45) is 0 Å². The maximum absolute atomic E-state index is 2.30. The summed E-state index contributed by atoms with van der Waals surface area (Å²) < 4.78 is 5.98. The van der Waals surface area contributed by atoms with Crippen LogP contribution in [0.1, 0.15) is 0 Å². The zero-order chi connectivity index (χ0) is 16.4. The third-order valence-corrected chi connectivity index (χ3v) is 10.5. The Morgan fingerprint density at radius 1 is 0.520 bits per heavy atom. The first-order valence-electron chi connectivity index (χ1n) is 8.30. The second kappa shape index (κ2) is 5.19. The zero-order valence-corrected chi connectivity index (χ0v) is 15.8. The van der Waals surface area contributed by atoms with Gasteiger partial charge in [-0.05, 0) is 12.1 Å². The van der Waals surface area contributed by atoms with Gasteiger partial charge in [0.1, 0.15) is 0 Å². The van der Waals surface area contributed by atoms with Gasteiger partial charge in [0.25, 0.3) is 0 Å². The van der Waals surface area contributed by atoms with Gasteiger partial charge in [0.15, 0.2) is 0 Å². The molecule has 0 N–H and O–H groups in total. The molecule has 0 saturated carbocycles. The van der Waals surface area contributed by atoms with Gasteiger partial charge in [0.2, 0.25) is 0 Å². The van der Waals surface area contributed by atoms with Crippen LogP contribution in [0.15, 0.2) is 78.9 Å². The van der Waals surface area contributed by atoms with E-state index in [1.165, 1.54) is 36.2 Å². The minimum Gasteiger partial charge on any atom is -0.130 e. The van der Waals surface area contributed by atoms with Gasteiger partial charge in [-0.3, -0.25) is 0 Å². The second-order valence-electron chi connectivity index (χ2n) is 6.23. The van der Waals surface area contributed by atoms with E-state index < -0.39 is 7.53 Å². The maximum atomic E-state index is 2.30. The molecule has 0 bridgehead atoms. The molecule has 0 radical (unpaired) electrons. The molecule has 0 atom stereocenters. The molecule has 0 fully saturated rings. The van der Waals surface area contributed by atoms with E-state index in [1.54, 1.807) is 8.86 Å². The molecule has 3 heterocycles. The van der Waals surface area contributed by atoms with E-state index >= 15 is 0 Å². The Morgan fingerprint density at radius 3 is 1.56 bits per heavy atom. The average molecular weight is 372 g/mol. The Bertz CT molecular complexity index is 1300. The number of benzene rings is 3. The number of thiophene rings is 2. The van der Waals surface area contributed by atoms with Crippen molar-refractivity contribution in [3.8, 4) is 5.30 Å². The van der Waals surface area contributed by atoms with Crippen molar-refractivity contribution < 1.29 is 0 Å². The smallest absolute Gasteiger partial charge is 0.0611 e. The Kier molecular flexibility index (Phi) is 2.92. The van der Waals surface area contributed by atoms with Crippen LogP contribution in [0.25, 0.3) is 45.1 Å². The average Bonchev–Trinajstić information content (AvgIpc) is 3.29. The van der Waals surface area contributed by atoms with E-state index in [2.05, 4.69) is 78.9 Å². The van der Waals surface area contributed by atoms with Crippen LogP contribution in [0, 0.1) is 0 Å². The van der Waals surface area contributed by atoms with Crippen LogP contribution < -0.4 is 0 Å². The van der Waals surface area contributed by atoms with Crippen LogP contribution in [-0.2, 0) is 0 Å². The Labute approximate surface area is 154 Å². The third kappa shape index (κ3) is 1.88. The fourth-order valence-electron chi connectivity index (χ4n) is 3.77. The lowest BCUT2D eigenvalue weighted by Crippen LogP contribution is -1.65. The first-order chi connectivity index (χ1) is 12.4. The monoisotopic (exact) mass is 372 g/mol. The van der Waals surface area contributed by atoms with Gasteiger partial charge in [-0.25, -0.2) is 0 Å². The molecule has 25 heavy (non-hydrogen) atoms. The van der Waals surface area contributed by atoms with Gasteiger partial charge >= 0.3 is 0 Å². The molecule has 6 aromatic rings. The first kappa shape index (κ1) is 14.1. The molecule has 0 unspecified atom stereocenters. The molecule has 0 aliphatic carbocycles. The van der Waals surface area contributed by atoms with Crippen LogP contribution in [0.2, 0.25) is 0 Å². The maximum Gasteiger partial charge on any atom is 0.0611 e. The fourth-order valence-corrected chi connectivity index (χ4v) is 10.4. The van der Waals surface area contributed by atoms with Crippen molar-refractivity contribution in [1.82, 2.24) is 0 Å². The Balaban J connectivity index is 1.95. The molecule has 0 saturated heterocycles. The molecular formula is C22H13PS2. The van der Waals surface area contributed by atoms with E-state index in [0.29, 0.717) is 0 Å². The zero-order valence-electron chi connectivity index (χ0n) is 13.3. The minimum atomic E-state index is -0.428. The van der Waals surface area contributed by atoms with E-state index in [-0.39, 0.29) is 0 Å². The fraction of sp³-hybridized carbons (Fsp3) is 0. The van der Waals surface area contributed by atoms with E-state index in [9.17, 15) is 0 Å². The molecular weight excluding hydrogens is 359 g/mol. The van der Waals surface area contributed by atoms with Crippen molar-refractivity contribution in [3.63, 3.8) is 0 Å². The van der Waals surface area contributed by atoms with Crippen molar-refractivity contribution in [2.45, 2.75) is 0 Å². The molecule has 0 amide bonds. The van der Waals surface area contributed by atoms with E-state index in [4.69, 9.17) is 0 Å². The van der Waals surface area contributed by atoms with Gasteiger partial charge in [-0.1, -0.05) is 74.3 Å². The van der Waals surface area contributed by atoms with E-state index in [0.717, 1.165) is 0 Å². The van der Waals surface area contributed by atoms with Gasteiger partial charge in [0.05, 0.1) is 8.86 Å². The summed E-state index contributed by atoms with van der Waals surface area (Å²) in [6.45, 7) is 0. The molecule has 0 spiro atoms. The van der Waals surface area contributed by atoms with Crippen LogP contribution >= 0.6 is 30.2 Å². The molecule has 0 nitrogen and oxygen atoms in total.